The summed E-state index contributed by atoms with van der Waals surface area (Å²) in [5.74, 6) is -32.5. The first-order valence-electron chi connectivity index (χ1n) is 4.96. The Kier molecular flexibility index (Phi) is 8.22. The Bertz CT molecular complexity index is 611. The smallest absolute Gasteiger partial charge is 0.743 e. The van der Waals surface area contributed by atoms with E-state index in [0.29, 0.717) is 0 Å². The van der Waals surface area contributed by atoms with Crippen molar-refractivity contribution in [2.24, 2.45) is 0 Å². The van der Waals surface area contributed by atoms with Crippen LogP contribution in [0.1, 0.15) is 0 Å². The van der Waals surface area contributed by atoms with Crippen molar-refractivity contribution in [2.45, 2.75) is 41.3 Å². The van der Waals surface area contributed by atoms with Crippen LogP contribution in [0.25, 0.3) is 0 Å². The molecule has 0 rings (SSSR count). The van der Waals surface area contributed by atoms with Gasteiger partial charge in [0.1, 0.15) is 0 Å². The molecule has 0 spiro atoms. The minimum Gasteiger partial charge on any atom is -0.743 e. The van der Waals surface area contributed by atoms with Gasteiger partial charge in [-0.25, -0.2) is 12.8 Å². The molecule has 0 radical (unpaired) electrons. The molecule has 0 aliphatic heterocycles. The third kappa shape index (κ3) is 4.12. The monoisotopic (exact) mass is 470 g/mol. The minimum absolute atomic E-state index is 0. The summed E-state index contributed by atoms with van der Waals surface area (Å²) >= 11 is 0. The molecule has 1 atom stereocenters. The Morgan fingerprint density at radius 2 is 0.962 bits per heavy atom. The molecule has 19 heteroatoms. The molecule has 0 saturated heterocycles. The maximum atomic E-state index is 12.9. The summed E-state index contributed by atoms with van der Waals surface area (Å²) in [6.07, 6.45) is -13.3. The molecule has 0 aliphatic rings. The second-order valence-corrected chi connectivity index (χ2v) is 5.64. The van der Waals surface area contributed by atoms with Gasteiger partial charge in [0.05, 0.1) is 0 Å². The normalized spacial score (nSPS) is 16.9. The molecule has 0 bridgehead atoms. The summed E-state index contributed by atoms with van der Waals surface area (Å²) in [6, 6.07) is 0. The first-order valence-corrected chi connectivity index (χ1v) is 6.36. The van der Waals surface area contributed by atoms with E-state index in [9.17, 15) is 74.4 Å². The minimum atomic E-state index is -8.32. The van der Waals surface area contributed by atoms with Gasteiger partial charge in [0.15, 0.2) is 10.1 Å². The maximum absolute atomic E-state index is 12.9. The van der Waals surface area contributed by atoms with Gasteiger partial charge in [0.25, 0.3) is 6.17 Å². The Morgan fingerprint density at radius 3 is 1.19 bits per heavy atom. The van der Waals surface area contributed by atoms with Crippen molar-refractivity contribution in [3.8, 4) is 0 Å². The van der Waals surface area contributed by atoms with E-state index < -0.39 is 51.4 Å². The molecule has 26 heavy (non-hydrogen) atoms. The third-order valence-corrected chi connectivity index (χ3v) is 3.38. The molecule has 1 unspecified atom stereocenters. The van der Waals surface area contributed by atoms with Gasteiger partial charge in [-0.3, -0.25) is 0 Å². The summed E-state index contributed by atoms with van der Waals surface area (Å²) in [4.78, 5) is 0. The Morgan fingerprint density at radius 1 is 0.654 bits per heavy atom. The quantitative estimate of drug-likeness (QED) is 0.324. The fraction of sp³-hybridized carbons (Fsp3) is 1.00. The molecule has 0 fully saturated rings. The standard InChI is InChI=1S/C7H2F14O3S.K/c8-1(3(11,12)13)2(9,10)4(14,15)5(16,17)6(18,19)7(20,21)25(22,23)24;/h1H,(H,22,23,24);/q;+1/p-1. The SMILES string of the molecule is O=S(=O)([O-])C(F)(F)C(F)(F)C(F)(F)C(F)(F)C(F)(F)C(F)C(F)(F)F.[K+]. The number of hydrogen-bond acceptors (Lipinski definition) is 3. The van der Waals surface area contributed by atoms with Crippen molar-refractivity contribution in [3.63, 3.8) is 0 Å². The zero-order chi connectivity index (χ0) is 21.1. The summed E-state index contributed by atoms with van der Waals surface area (Å²) in [5.41, 5.74) is 0. The van der Waals surface area contributed by atoms with Crippen molar-refractivity contribution >= 4 is 10.1 Å². The maximum Gasteiger partial charge on any atom is 1.00 e. The van der Waals surface area contributed by atoms with Gasteiger partial charge in [-0.1, -0.05) is 0 Å². The molecular weight excluding hydrogens is 469 g/mol. The van der Waals surface area contributed by atoms with Crippen LogP contribution in [-0.2, 0) is 10.1 Å². The van der Waals surface area contributed by atoms with Gasteiger partial charge < -0.3 is 4.55 Å². The van der Waals surface area contributed by atoms with Crippen LogP contribution in [0.3, 0.4) is 0 Å². The van der Waals surface area contributed by atoms with E-state index in [4.69, 9.17) is 0 Å². The van der Waals surface area contributed by atoms with E-state index in [2.05, 4.69) is 0 Å². The van der Waals surface area contributed by atoms with Crippen LogP contribution >= 0.6 is 0 Å². The molecule has 0 heterocycles. The average molecular weight is 470 g/mol. The fourth-order valence-electron chi connectivity index (χ4n) is 1.11. The molecule has 0 aliphatic carbocycles. The number of hydrogen-bond donors (Lipinski definition) is 0. The molecule has 0 aromatic heterocycles. The second-order valence-electron chi connectivity index (χ2n) is 4.22. The largest absolute Gasteiger partial charge is 1.00 e. The van der Waals surface area contributed by atoms with Crippen LogP contribution in [0.5, 0.6) is 0 Å². The van der Waals surface area contributed by atoms with Crippen molar-refractivity contribution in [3.05, 3.63) is 0 Å². The second kappa shape index (κ2) is 7.43. The Balaban J connectivity index is 0. The third-order valence-electron chi connectivity index (χ3n) is 2.49. The van der Waals surface area contributed by atoms with Gasteiger partial charge >= 0.3 is 86.5 Å². The zero-order valence-corrected chi connectivity index (χ0v) is 15.4. The van der Waals surface area contributed by atoms with Crippen LogP contribution < -0.4 is 51.4 Å². The Labute approximate surface area is 176 Å². The van der Waals surface area contributed by atoms with Crippen LogP contribution in [0.15, 0.2) is 0 Å². The summed E-state index contributed by atoms with van der Waals surface area (Å²) in [6.45, 7) is 0. The van der Waals surface area contributed by atoms with Gasteiger partial charge in [0.2, 0.25) is 0 Å². The predicted octanol–water partition coefficient (Wildman–Crippen LogP) is 0.570. The van der Waals surface area contributed by atoms with Crippen LogP contribution in [-0.4, -0.2) is 54.3 Å². The van der Waals surface area contributed by atoms with Crippen molar-refractivity contribution < 1.29 is 126 Å². The average Bonchev–Trinajstić information content (AvgIpc) is 2.34. The molecule has 0 amide bonds. The summed E-state index contributed by atoms with van der Waals surface area (Å²) in [5, 5.41) is -7.67. The van der Waals surface area contributed by atoms with Gasteiger partial charge in [-0.15, -0.1) is 0 Å². The molecule has 0 aromatic carbocycles. The van der Waals surface area contributed by atoms with Crippen LogP contribution in [0.2, 0.25) is 0 Å². The Hall–Kier alpha value is 0.566. The number of alkyl halides is 14. The van der Waals surface area contributed by atoms with E-state index in [0.717, 1.165) is 0 Å². The molecule has 0 aromatic rings. The van der Waals surface area contributed by atoms with E-state index in [1.165, 1.54) is 0 Å². The summed E-state index contributed by atoms with van der Waals surface area (Å²) in [7, 11) is -7.91. The van der Waals surface area contributed by atoms with Crippen molar-refractivity contribution in [1.29, 1.82) is 0 Å². The van der Waals surface area contributed by atoms with Crippen molar-refractivity contribution in [2.75, 3.05) is 0 Å². The van der Waals surface area contributed by atoms with Gasteiger partial charge in [-0.2, -0.15) is 57.1 Å². The number of halogens is 14. The van der Waals surface area contributed by atoms with E-state index in [1.807, 2.05) is 0 Å². The molecular formula is C7HF14KO3S. The fourth-order valence-corrected chi connectivity index (χ4v) is 1.55. The van der Waals surface area contributed by atoms with E-state index >= 15 is 0 Å². The molecule has 152 valence electrons. The van der Waals surface area contributed by atoms with E-state index in [1.54, 1.807) is 0 Å². The van der Waals surface area contributed by atoms with Gasteiger partial charge in [-0.05, 0) is 0 Å². The number of rotatable bonds is 6. The van der Waals surface area contributed by atoms with Crippen molar-refractivity contribution in [1.82, 2.24) is 0 Å². The summed E-state index contributed by atoms with van der Waals surface area (Å²) < 4.78 is 204. The van der Waals surface area contributed by atoms with Crippen LogP contribution in [0, 0.1) is 0 Å². The molecule has 0 saturated carbocycles. The van der Waals surface area contributed by atoms with E-state index in [-0.39, 0.29) is 51.4 Å². The molecule has 3 nitrogen and oxygen atoms in total. The predicted molar refractivity (Wildman–Crippen MR) is 45.4 cm³/mol. The first kappa shape index (κ1) is 28.8. The topological polar surface area (TPSA) is 57.2 Å². The van der Waals surface area contributed by atoms with Crippen LogP contribution in [0.4, 0.5) is 61.5 Å². The van der Waals surface area contributed by atoms with Gasteiger partial charge in [0, 0.05) is 0 Å². The first-order chi connectivity index (χ1) is 10.4. The zero-order valence-electron chi connectivity index (χ0n) is 11.5. The molecule has 0 N–H and O–H groups in total.